The normalized spacial score (nSPS) is 10.4. The Bertz CT molecular complexity index is 1170. The van der Waals surface area contributed by atoms with Gasteiger partial charge in [-0.25, -0.2) is 9.78 Å². The molecule has 2 heterocycles. The predicted molar refractivity (Wildman–Crippen MR) is 121 cm³/mol. The van der Waals surface area contributed by atoms with Gasteiger partial charge in [-0.15, -0.1) is 0 Å². The molecule has 1 N–H and O–H groups in total. The molecule has 9 heteroatoms. The molecule has 0 aliphatic heterocycles. The minimum atomic E-state index is -0.528. The number of amides is 1. The van der Waals surface area contributed by atoms with E-state index >= 15 is 0 Å². The number of halogens is 1. The van der Waals surface area contributed by atoms with Crippen molar-refractivity contribution in [1.29, 1.82) is 5.26 Å². The molecule has 0 saturated carbocycles. The van der Waals surface area contributed by atoms with Gasteiger partial charge in [-0.3, -0.25) is 4.79 Å². The molecule has 3 aromatic rings. The van der Waals surface area contributed by atoms with Gasteiger partial charge in [0.25, 0.3) is 0 Å². The number of carbonyl (C=O) groups excluding carboxylic acids is 2. The van der Waals surface area contributed by atoms with Crippen LogP contribution in [0, 0.1) is 18.3 Å². The van der Waals surface area contributed by atoms with E-state index in [9.17, 15) is 14.9 Å². The molecule has 164 valence electrons. The van der Waals surface area contributed by atoms with Gasteiger partial charge in [0.15, 0.2) is 0 Å². The zero-order valence-electron chi connectivity index (χ0n) is 17.5. The number of hydrogen-bond acceptors (Lipinski definition) is 7. The molecule has 3 rings (SSSR count). The average Bonchev–Trinajstić information content (AvgIpc) is 3.26. The summed E-state index contributed by atoms with van der Waals surface area (Å²) in [4.78, 5) is 28.6. The quantitative estimate of drug-likeness (QED) is 0.374. The third kappa shape index (κ3) is 5.90. The maximum absolute atomic E-state index is 12.3. The molecule has 0 unspecified atom stereocenters. The molecule has 0 bridgehead atoms. The smallest absolute Gasteiger partial charge is 0.340 e. The first-order valence-corrected chi connectivity index (χ1v) is 11.1. The van der Waals surface area contributed by atoms with Crippen LogP contribution in [0.25, 0.3) is 11.3 Å². The summed E-state index contributed by atoms with van der Waals surface area (Å²) in [7, 11) is 0. The standard InChI is InChI=1S/C23H20ClN3O4S/c1-3-30-23(29)19-10-16(11-25)22(27-14(19)2)32-13-21(28)26-12-18-8-9-20(31-18)15-4-6-17(24)7-5-15/h4-10H,3,12-13H2,1-2H3,(H,26,28). The predicted octanol–water partition coefficient (Wildman–Crippen LogP) is 4.76. The van der Waals surface area contributed by atoms with Crippen LogP contribution in [0.4, 0.5) is 0 Å². The van der Waals surface area contributed by atoms with Gasteiger partial charge < -0.3 is 14.5 Å². The number of hydrogen-bond donors (Lipinski definition) is 1. The molecule has 0 aliphatic carbocycles. The highest BCUT2D eigenvalue weighted by Crippen LogP contribution is 2.25. The minimum absolute atomic E-state index is 0.0601. The van der Waals surface area contributed by atoms with Crippen LogP contribution < -0.4 is 5.32 Å². The van der Waals surface area contributed by atoms with E-state index in [0.717, 1.165) is 17.3 Å². The van der Waals surface area contributed by atoms with Crippen molar-refractivity contribution in [3.8, 4) is 17.4 Å². The number of aromatic nitrogens is 1. The number of carbonyl (C=O) groups is 2. The number of aryl methyl sites for hydroxylation is 1. The van der Waals surface area contributed by atoms with Crippen molar-refractivity contribution in [3.63, 3.8) is 0 Å². The van der Waals surface area contributed by atoms with Crippen LogP contribution in [-0.2, 0) is 16.1 Å². The molecule has 7 nitrogen and oxygen atoms in total. The summed E-state index contributed by atoms with van der Waals surface area (Å²) in [5, 5.41) is 13.2. The number of ether oxygens (including phenoxy) is 1. The highest BCUT2D eigenvalue weighted by atomic mass is 35.5. The van der Waals surface area contributed by atoms with E-state index in [1.54, 1.807) is 32.0 Å². The number of rotatable bonds is 8. The van der Waals surface area contributed by atoms with Gasteiger partial charge in [0, 0.05) is 10.6 Å². The Morgan fingerprint density at radius 2 is 2.00 bits per heavy atom. The maximum atomic E-state index is 12.3. The van der Waals surface area contributed by atoms with E-state index in [-0.39, 0.29) is 35.9 Å². The van der Waals surface area contributed by atoms with E-state index in [1.807, 2.05) is 24.3 Å². The van der Waals surface area contributed by atoms with Crippen LogP contribution in [0.5, 0.6) is 0 Å². The van der Waals surface area contributed by atoms with Gasteiger partial charge in [0.1, 0.15) is 22.6 Å². The number of benzene rings is 1. The second kappa shape index (κ2) is 10.8. The lowest BCUT2D eigenvalue weighted by Gasteiger charge is -2.09. The topological polar surface area (TPSA) is 105 Å². The number of esters is 1. The van der Waals surface area contributed by atoms with Crippen molar-refractivity contribution in [2.24, 2.45) is 0 Å². The molecule has 0 fully saturated rings. The molecule has 0 radical (unpaired) electrons. The Balaban J connectivity index is 1.57. The zero-order chi connectivity index (χ0) is 23.1. The number of nitriles is 1. The van der Waals surface area contributed by atoms with Crippen LogP contribution in [0.1, 0.15) is 34.3 Å². The maximum Gasteiger partial charge on any atom is 0.340 e. The van der Waals surface area contributed by atoms with Crippen LogP contribution >= 0.6 is 23.4 Å². The molecule has 0 saturated heterocycles. The van der Waals surface area contributed by atoms with E-state index in [1.165, 1.54) is 6.07 Å². The van der Waals surface area contributed by atoms with Gasteiger partial charge in [0.05, 0.1) is 35.7 Å². The van der Waals surface area contributed by atoms with Crippen molar-refractivity contribution < 1.29 is 18.7 Å². The molecule has 32 heavy (non-hydrogen) atoms. The highest BCUT2D eigenvalue weighted by Gasteiger charge is 2.17. The Kier molecular flexibility index (Phi) is 7.92. The molecule has 1 aromatic carbocycles. The van der Waals surface area contributed by atoms with Crippen molar-refractivity contribution in [1.82, 2.24) is 10.3 Å². The Morgan fingerprint density at radius 3 is 2.69 bits per heavy atom. The second-order valence-corrected chi connectivity index (χ2v) is 8.05. The Hall–Kier alpha value is -3.28. The van der Waals surface area contributed by atoms with E-state index in [2.05, 4.69) is 10.3 Å². The first kappa shape index (κ1) is 23.4. The van der Waals surface area contributed by atoms with Crippen molar-refractivity contribution >= 4 is 35.2 Å². The van der Waals surface area contributed by atoms with E-state index < -0.39 is 5.97 Å². The molecular weight excluding hydrogens is 450 g/mol. The second-order valence-electron chi connectivity index (χ2n) is 6.64. The first-order valence-electron chi connectivity index (χ1n) is 9.74. The van der Waals surface area contributed by atoms with Gasteiger partial charge in [-0.2, -0.15) is 5.26 Å². The average molecular weight is 470 g/mol. The fourth-order valence-corrected chi connectivity index (χ4v) is 3.76. The number of nitrogens with zero attached hydrogens (tertiary/aromatic N) is 2. The number of pyridine rings is 1. The fraction of sp³-hybridized carbons (Fsp3) is 0.217. The summed E-state index contributed by atoms with van der Waals surface area (Å²) in [6, 6.07) is 14.4. The summed E-state index contributed by atoms with van der Waals surface area (Å²) in [5.41, 5.74) is 1.79. The molecule has 0 atom stereocenters. The van der Waals surface area contributed by atoms with Crippen LogP contribution in [0.15, 0.2) is 51.9 Å². The largest absolute Gasteiger partial charge is 0.462 e. The minimum Gasteiger partial charge on any atom is -0.462 e. The molecule has 1 amide bonds. The molecule has 0 aliphatic rings. The molecular formula is C23H20ClN3O4S. The van der Waals surface area contributed by atoms with Crippen molar-refractivity contribution in [2.75, 3.05) is 12.4 Å². The third-order valence-corrected chi connectivity index (χ3v) is 5.63. The lowest BCUT2D eigenvalue weighted by Crippen LogP contribution is -2.24. The Labute approximate surface area is 194 Å². The summed E-state index contributed by atoms with van der Waals surface area (Å²) in [6.07, 6.45) is 0. The van der Waals surface area contributed by atoms with Gasteiger partial charge in [0.2, 0.25) is 5.91 Å². The van der Waals surface area contributed by atoms with Gasteiger partial charge in [-0.05, 0) is 56.3 Å². The summed E-state index contributed by atoms with van der Waals surface area (Å²) in [5.74, 6) is 0.584. The number of thioether (sulfide) groups is 1. The highest BCUT2D eigenvalue weighted by molar-refractivity contribution is 8.00. The third-order valence-electron chi connectivity index (χ3n) is 4.38. The summed E-state index contributed by atoms with van der Waals surface area (Å²) < 4.78 is 10.7. The number of furan rings is 1. The van der Waals surface area contributed by atoms with Crippen LogP contribution in [-0.4, -0.2) is 29.2 Å². The zero-order valence-corrected chi connectivity index (χ0v) is 19.0. The van der Waals surface area contributed by atoms with E-state index in [4.69, 9.17) is 20.8 Å². The fourth-order valence-electron chi connectivity index (χ4n) is 2.80. The van der Waals surface area contributed by atoms with E-state index in [0.29, 0.717) is 27.3 Å². The van der Waals surface area contributed by atoms with Crippen molar-refractivity contribution in [2.45, 2.75) is 25.4 Å². The number of nitrogens with one attached hydrogen (secondary N) is 1. The summed E-state index contributed by atoms with van der Waals surface area (Å²) in [6.45, 7) is 3.82. The molecule has 2 aromatic heterocycles. The first-order chi connectivity index (χ1) is 15.4. The lowest BCUT2D eigenvalue weighted by atomic mass is 10.1. The van der Waals surface area contributed by atoms with Crippen LogP contribution in [0.2, 0.25) is 5.02 Å². The van der Waals surface area contributed by atoms with Crippen LogP contribution in [0.3, 0.4) is 0 Å². The van der Waals surface area contributed by atoms with Gasteiger partial charge in [-0.1, -0.05) is 23.4 Å². The van der Waals surface area contributed by atoms with Crippen molar-refractivity contribution in [3.05, 3.63) is 70.1 Å². The molecule has 0 spiro atoms. The SMILES string of the molecule is CCOC(=O)c1cc(C#N)c(SCC(=O)NCc2ccc(-c3ccc(Cl)cc3)o2)nc1C. The monoisotopic (exact) mass is 469 g/mol. The summed E-state index contributed by atoms with van der Waals surface area (Å²) >= 11 is 7.03. The lowest BCUT2D eigenvalue weighted by molar-refractivity contribution is -0.118. The van der Waals surface area contributed by atoms with Gasteiger partial charge >= 0.3 is 5.97 Å². The Morgan fingerprint density at radius 1 is 1.25 bits per heavy atom.